The number of oxazole rings is 1. The smallest absolute Gasteiger partial charge is 0.419 e. The highest BCUT2D eigenvalue weighted by Gasteiger charge is 2.12. The highest BCUT2D eigenvalue weighted by molar-refractivity contribution is 5.93. The fraction of sp³-hybridized carbons (Fsp3) is 0.333. The zero-order valence-corrected chi connectivity index (χ0v) is 9.73. The molecule has 0 N–H and O–H groups in total. The van der Waals surface area contributed by atoms with Gasteiger partial charge in [-0.2, -0.15) is 0 Å². The largest absolute Gasteiger partial charge is 0.465 e. The van der Waals surface area contributed by atoms with E-state index in [1.54, 1.807) is 16.7 Å². The summed E-state index contributed by atoms with van der Waals surface area (Å²) in [7, 11) is 1.31. The number of aryl methyl sites for hydroxylation is 1. The van der Waals surface area contributed by atoms with Crippen LogP contribution in [0, 0.1) is 0 Å². The third-order valence-electron chi connectivity index (χ3n) is 2.54. The molecule has 90 valence electrons. The van der Waals surface area contributed by atoms with Gasteiger partial charge in [0.05, 0.1) is 18.2 Å². The number of hydrogen-bond donors (Lipinski definition) is 0. The van der Waals surface area contributed by atoms with Crippen molar-refractivity contribution in [1.82, 2.24) is 4.57 Å². The fourth-order valence-electron chi connectivity index (χ4n) is 1.75. The number of aromatic nitrogens is 1. The van der Waals surface area contributed by atoms with Crippen molar-refractivity contribution in [2.45, 2.75) is 19.9 Å². The average Bonchev–Trinajstić information content (AvgIpc) is 2.64. The predicted molar refractivity (Wildman–Crippen MR) is 62.1 cm³/mol. The van der Waals surface area contributed by atoms with Crippen molar-refractivity contribution in [3.63, 3.8) is 0 Å². The molecule has 5 heteroatoms. The number of ether oxygens (including phenoxy) is 1. The molecular formula is C12H13NO4. The minimum Gasteiger partial charge on any atom is -0.465 e. The normalized spacial score (nSPS) is 10.7. The van der Waals surface area contributed by atoms with E-state index in [0.717, 1.165) is 6.42 Å². The number of hydrogen-bond acceptors (Lipinski definition) is 4. The SMILES string of the molecule is CCCn1c(=O)oc2cc(C(=O)OC)ccc21. The van der Waals surface area contributed by atoms with Crippen molar-refractivity contribution in [3.8, 4) is 0 Å². The number of fused-ring (bicyclic) bond motifs is 1. The number of carbonyl (C=O) groups excluding carboxylic acids is 1. The van der Waals surface area contributed by atoms with Gasteiger partial charge in [0.2, 0.25) is 0 Å². The van der Waals surface area contributed by atoms with E-state index < -0.39 is 11.7 Å². The minimum absolute atomic E-state index is 0.373. The van der Waals surface area contributed by atoms with E-state index in [0.29, 0.717) is 23.2 Å². The molecule has 1 heterocycles. The average molecular weight is 235 g/mol. The van der Waals surface area contributed by atoms with Crippen LogP contribution >= 0.6 is 0 Å². The van der Waals surface area contributed by atoms with Gasteiger partial charge in [0.15, 0.2) is 5.58 Å². The lowest BCUT2D eigenvalue weighted by atomic mass is 10.2. The molecule has 0 atom stereocenters. The number of methoxy groups -OCH3 is 1. The van der Waals surface area contributed by atoms with Gasteiger partial charge in [0, 0.05) is 6.54 Å². The summed E-state index contributed by atoms with van der Waals surface area (Å²) in [5.41, 5.74) is 1.48. The molecule has 0 aliphatic heterocycles. The lowest BCUT2D eigenvalue weighted by molar-refractivity contribution is 0.0601. The van der Waals surface area contributed by atoms with Crippen LogP contribution in [0.5, 0.6) is 0 Å². The van der Waals surface area contributed by atoms with Crippen LogP contribution in [-0.2, 0) is 11.3 Å². The molecule has 0 unspecified atom stereocenters. The van der Waals surface area contributed by atoms with E-state index in [9.17, 15) is 9.59 Å². The molecule has 0 bridgehead atoms. The van der Waals surface area contributed by atoms with E-state index in [4.69, 9.17) is 4.42 Å². The first-order valence-electron chi connectivity index (χ1n) is 5.39. The Hall–Kier alpha value is -2.04. The van der Waals surface area contributed by atoms with Crippen LogP contribution in [0.25, 0.3) is 11.1 Å². The molecule has 0 amide bonds. The Morgan fingerprint density at radius 3 is 2.88 bits per heavy atom. The highest BCUT2D eigenvalue weighted by atomic mass is 16.5. The third-order valence-corrected chi connectivity index (χ3v) is 2.54. The maximum absolute atomic E-state index is 11.6. The van der Waals surface area contributed by atoms with Gasteiger partial charge in [0.25, 0.3) is 0 Å². The van der Waals surface area contributed by atoms with Crippen molar-refractivity contribution in [1.29, 1.82) is 0 Å². The van der Waals surface area contributed by atoms with Gasteiger partial charge in [-0.05, 0) is 24.6 Å². The molecule has 0 aliphatic rings. The minimum atomic E-state index is -0.446. The number of nitrogens with zero attached hydrogens (tertiary/aromatic N) is 1. The van der Waals surface area contributed by atoms with Crippen LogP contribution in [-0.4, -0.2) is 17.6 Å². The highest BCUT2D eigenvalue weighted by Crippen LogP contribution is 2.16. The summed E-state index contributed by atoms with van der Waals surface area (Å²) in [5, 5.41) is 0. The van der Waals surface area contributed by atoms with Gasteiger partial charge < -0.3 is 9.15 Å². The van der Waals surface area contributed by atoms with Crippen LogP contribution in [0.15, 0.2) is 27.4 Å². The molecule has 0 radical (unpaired) electrons. The second kappa shape index (κ2) is 4.45. The summed E-state index contributed by atoms with van der Waals surface area (Å²) < 4.78 is 11.2. The molecule has 5 nitrogen and oxygen atoms in total. The van der Waals surface area contributed by atoms with Crippen LogP contribution in [0.1, 0.15) is 23.7 Å². The molecule has 0 spiro atoms. The first-order chi connectivity index (χ1) is 8.17. The van der Waals surface area contributed by atoms with Gasteiger partial charge in [-0.25, -0.2) is 9.59 Å². The van der Waals surface area contributed by atoms with Gasteiger partial charge in [-0.1, -0.05) is 6.92 Å². The lowest BCUT2D eigenvalue weighted by Crippen LogP contribution is -2.13. The fourth-order valence-corrected chi connectivity index (χ4v) is 1.75. The summed E-state index contributed by atoms with van der Waals surface area (Å²) in [4.78, 5) is 22.9. The second-order valence-electron chi connectivity index (χ2n) is 3.69. The van der Waals surface area contributed by atoms with Crippen LogP contribution in [0.4, 0.5) is 0 Å². The van der Waals surface area contributed by atoms with Gasteiger partial charge in [-0.15, -0.1) is 0 Å². The van der Waals surface area contributed by atoms with Gasteiger partial charge in [-0.3, -0.25) is 4.57 Å². The molecule has 1 aromatic heterocycles. The standard InChI is InChI=1S/C12H13NO4/c1-3-6-13-9-5-4-8(11(14)16-2)7-10(9)17-12(13)15/h4-5,7H,3,6H2,1-2H3. The predicted octanol–water partition coefficient (Wildman–Crippen LogP) is 1.79. The molecule has 0 fully saturated rings. The molecule has 1 aromatic carbocycles. The van der Waals surface area contributed by atoms with Crippen molar-refractivity contribution in [2.24, 2.45) is 0 Å². The Morgan fingerprint density at radius 1 is 1.47 bits per heavy atom. The molecule has 2 rings (SSSR count). The number of rotatable bonds is 3. The monoisotopic (exact) mass is 235 g/mol. The van der Waals surface area contributed by atoms with Gasteiger partial charge in [0.1, 0.15) is 0 Å². The maximum Gasteiger partial charge on any atom is 0.419 e. The number of carbonyl (C=O) groups is 1. The zero-order chi connectivity index (χ0) is 12.4. The lowest BCUT2D eigenvalue weighted by Gasteiger charge is -2.00. The molecule has 0 saturated carbocycles. The van der Waals surface area contributed by atoms with E-state index in [1.807, 2.05) is 6.92 Å². The molecule has 17 heavy (non-hydrogen) atoms. The van der Waals surface area contributed by atoms with Crippen molar-refractivity contribution < 1.29 is 13.9 Å². The van der Waals surface area contributed by atoms with E-state index in [-0.39, 0.29) is 0 Å². The zero-order valence-electron chi connectivity index (χ0n) is 9.73. The first kappa shape index (κ1) is 11.4. The molecular weight excluding hydrogens is 222 g/mol. The Balaban J connectivity index is 2.57. The third kappa shape index (κ3) is 1.95. The van der Waals surface area contributed by atoms with E-state index >= 15 is 0 Å². The quantitative estimate of drug-likeness (QED) is 0.761. The Kier molecular flexibility index (Phi) is 2.99. The molecule has 0 aliphatic carbocycles. The van der Waals surface area contributed by atoms with Crippen LogP contribution in [0.3, 0.4) is 0 Å². The Labute approximate surface area is 97.6 Å². The summed E-state index contributed by atoms with van der Waals surface area (Å²) in [6.07, 6.45) is 0.841. The first-order valence-corrected chi connectivity index (χ1v) is 5.39. The summed E-state index contributed by atoms with van der Waals surface area (Å²) >= 11 is 0. The maximum atomic E-state index is 11.6. The van der Waals surface area contributed by atoms with E-state index in [1.165, 1.54) is 13.2 Å². The van der Waals surface area contributed by atoms with Gasteiger partial charge >= 0.3 is 11.7 Å². The van der Waals surface area contributed by atoms with E-state index in [2.05, 4.69) is 4.74 Å². The van der Waals surface area contributed by atoms with Crippen molar-refractivity contribution in [2.75, 3.05) is 7.11 Å². The number of esters is 1. The molecule has 2 aromatic rings. The molecule has 0 saturated heterocycles. The summed E-state index contributed by atoms with van der Waals surface area (Å²) in [5.74, 6) is -0.846. The Morgan fingerprint density at radius 2 is 2.24 bits per heavy atom. The van der Waals surface area contributed by atoms with Crippen molar-refractivity contribution in [3.05, 3.63) is 34.3 Å². The summed E-state index contributed by atoms with van der Waals surface area (Å²) in [6, 6.07) is 4.84. The number of benzene rings is 1. The second-order valence-corrected chi connectivity index (χ2v) is 3.69. The Bertz CT molecular complexity index is 608. The summed E-state index contributed by atoms with van der Waals surface area (Å²) in [6.45, 7) is 2.58. The van der Waals surface area contributed by atoms with Crippen molar-refractivity contribution >= 4 is 17.1 Å². The topological polar surface area (TPSA) is 61.4 Å². The van der Waals surface area contributed by atoms with Crippen LogP contribution in [0.2, 0.25) is 0 Å². The van der Waals surface area contributed by atoms with Crippen LogP contribution < -0.4 is 5.76 Å².